The number of aliphatic carboxylic acids is 1. The van der Waals surface area contributed by atoms with Gasteiger partial charge in [0.25, 0.3) is 0 Å². The average Bonchev–Trinajstić information content (AvgIpc) is 3.41. The maximum Gasteiger partial charge on any atom is 0.320 e. The zero-order valence-corrected chi connectivity index (χ0v) is 20.3. The summed E-state index contributed by atoms with van der Waals surface area (Å²) in [5.41, 5.74) is 9.87. The van der Waals surface area contributed by atoms with Crippen LogP contribution in [0.5, 0.6) is 0 Å². The summed E-state index contributed by atoms with van der Waals surface area (Å²) in [6.45, 7) is 2.96. The monoisotopic (exact) mass is 497 g/mol. The highest BCUT2D eigenvalue weighted by Crippen LogP contribution is 2.28. The Morgan fingerprint density at radius 1 is 1.27 bits per heavy atom. The van der Waals surface area contributed by atoms with Gasteiger partial charge in [-0.3, -0.25) is 19.7 Å². The number of pyridine rings is 1. The molecule has 188 valence electrons. The molecule has 0 saturated carbocycles. The van der Waals surface area contributed by atoms with E-state index in [1.165, 1.54) is 6.21 Å². The van der Waals surface area contributed by atoms with Gasteiger partial charge in [0.15, 0.2) is 0 Å². The van der Waals surface area contributed by atoms with Crippen molar-refractivity contribution in [1.29, 1.82) is 5.26 Å². The number of hydrazone groups is 1. The zero-order valence-electron chi connectivity index (χ0n) is 20.3. The molecule has 0 radical (unpaired) electrons. The van der Waals surface area contributed by atoms with Gasteiger partial charge in [-0.05, 0) is 56.6 Å². The summed E-state index contributed by atoms with van der Waals surface area (Å²) in [7, 11) is 0. The van der Waals surface area contributed by atoms with Crippen molar-refractivity contribution in [2.75, 3.05) is 12.3 Å². The highest BCUT2D eigenvalue weighted by Gasteiger charge is 2.34. The third-order valence-corrected chi connectivity index (χ3v) is 6.23. The zero-order chi connectivity index (χ0) is 26.4. The molecule has 3 aromatic rings. The Morgan fingerprint density at radius 3 is 2.84 bits per heavy atom. The molecule has 3 heterocycles. The van der Waals surface area contributed by atoms with E-state index < -0.39 is 12.0 Å². The Bertz CT molecular complexity index is 1400. The molecule has 1 aliphatic rings. The maximum absolute atomic E-state index is 11.6. The summed E-state index contributed by atoms with van der Waals surface area (Å²) >= 11 is 0. The fourth-order valence-corrected chi connectivity index (χ4v) is 4.39. The molecule has 1 aromatic carbocycles. The van der Waals surface area contributed by atoms with Gasteiger partial charge in [-0.25, -0.2) is 9.97 Å². The van der Waals surface area contributed by atoms with Crippen molar-refractivity contribution in [3.63, 3.8) is 0 Å². The highest BCUT2D eigenvalue weighted by molar-refractivity contribution is 6.37. The Labute approximate surface area is 214 Å². The third-order valence-electron chi connectivity index (χ3n) is 6.23. The lowest BCUT2D eigenvalue weighted by molar-refractivity contribution is -0.142. The number of aromatic nitrogens is 3. The van der Waals surface area contributed by atoms with Crippen molar-refractivity contribution >= 4 is 23.8 Å². The number of hydrogen-bond donors (Lipinski definition) is 3. The number of benzene rings is 1. The molecular weight excluding hydrogens is 470 g/mol. The van der Waals surface area contributed by atoms with Gasteiger partial charge in [0.2, 0.25) is 5.95 Å². The van der Waals surface area contributed by atoms with Crippen molar-refractivity contribution in [1.82, 2.24) is 19.9 Å². The van der Waals surface area contributed by atoms with Crippen LogP contribution in [0.25, 0.3) is 11.3 Å². The number of nitrogens with zero attached hydrogens (tertiary/aromatic N) is 7. The van der Waals surface area contributed by atoms with E-state index in [-0.39, 0.29) is 18.5 Å². The van der Waals surface area contributed by atoms with Crippen LogP contribution in [0.15, 0.2) is 58.6 Å². The molecule has 0 spiro atoms. The largest absolute Gasteiger partial charge is 0.480 e. The van der Waals surface area contributed by atoms with E-state index in [1.807, 2.05) is 36.1 Å². The quantitative estimate of drug-likeness (QED) is 0.239. The van der Waals surface area contributed by atoms with E-state index >= 15 is 0 Å². The summed E-state index contributed by atoms with van der Waals surface area (Å²) in [5.74, 6) is 4.86. The second-order valence-corrected chi connectivity index (χ2v) is 8.64. The Balaban J connectivity index is 1.50. The molecule has 0 aliphatic carbocycles. The Hall–Kier alpha value is -4.69. The van der Waals surface area contributed by atoms with Crippen LogP contribution < -0.4 is 11.6 Å². The lowest BCUT2D eigenvalue weighted by Crippen LogP contribution is -2.38. The number of carboxylic acids is 1. The maximum atomic E-state index is 11.6. The number of aliphatic imine (C=N–C) groups is 1. The smallest absolute Gasteiger partial charge is 0.320 e. The highest BCUT2D eigenvalue weighted by atomic mass is 16.4. The Morgan fingerprint density at radius 2 is 2.08 bits per heavy atom. The van der Waals surface area contributed by atoms with Crippen LogP contribution in [0.1, 0.15) is 48.5 Å². The number of carboxylic acid groups (broad SMARTS) is 1. The molecule has 2 aromatic heterocycles. The minimum atomic E-state index is -0.801. The number of anilines is 1. The number of nitrogens with two attached hydrogens (primary N) is 2. The first-order chi connectivity index (χ1) is 17.9. The van der Waals surface area contributed by atoms with Gasteiger partial charge in [0.05, 0.1) is 53.2 Å². The number of likely N-dealkylation sites (tertiary alicyclic amines) is 1. The first kappa shape index (κ1) is 25.4. The lowest BCUT2D eigenvalue weighted by atomic mass is 10.1. The predicted octanol–water partition coefficient (Wildman–Crippen LogP) is 2.54. The molecule has 0 amide bonds. The number of hydrogen-bond acceptors (Lipinski definition) is 10. The lowest BCUT2D eigenvalue weighted by Gasteiger charge is -2.28. The first-order valence-corrected chi connectivity index (χ1v) is 11.8. The van der Waals surface area contributed by atoms with Crippen LogP contribution in [0, 0.1) is 11.3 Å². The molecule has 37 heavy (non-hydrogen) atoms. The van der Waals surface area contributed by atoms with Crippen molar-refractivity contribution in [3.05, 3.63) is 71.2 Å². The first-order valence-electron chi connectivity index (χ1n) is 11.8. The van der Waals surface area contributed by atoms with Crippen molar-refractivity contribution in [2.45, 2.75) is 38.4 Å². The number of carbonyl (C=O) groups is 1. The van der Waals surface area contributed by atoms with Crippen LogP contribution in [0.4, 0.5) is 5.95 Å². The van der Waals surface area contributed by atoms with Gasteiger partial charge < -0.3 is 16.7 Å². The fraction of sp³-hybridized carbons (Fsp3) is 0.269. The molecule has 5 N–H and O–H groups in total. The van der Waals surface area contributed by atoms with E-state index in [0.29, 0.717) is 34.6 Å². The van der Waals surface area contributed by atoms with E-state index in [1.54, 1.807) is 24.3 Å². The summed E-state index contributed by atoms with van der Waals surface area (Å²) in [6.07, 6.45) is 2.99. The molecule has 1 saturated heterocycles. The molecular formula is C26H27N9O2. The van der Waals surface area contributed by atoms with Crippen molar-refractivity contribution < 1.29 is 9.90 Å². The van der Waals surface area contributed by atoms with Crippen LogP contribution in [-0.4, -0.2) is 55.4 Å². The summed E-state index contributed by atoms with van der Waals surface area (Å²) in [5, 5.41) is 22.5. The van der Waals surface area contributed by atoms with Crippen LogP contribution in [-0.2, 0) is 11.3 Å². The molecule has 1 aliphatic heterocycles. The van der Waals surface area contributed by atoms with Crippen molar-refractivity contribution in [3.8, 4) is 17.3 Å². The van der Waals surface area contributed by atoms with E-state index in [9.17, 15) is 15.2 Å². The molecule has 2 atom stereocenters. The standard InChI is InChI=1S/C26H27N9O2/c1-16(35-10-4-9-24(35)25(36)37)20-8-3-7-19(31-20)14-30-15-23(34-29)22-12-21(32-26(28)33-22)18-6-2-5-17(11-18)13-27/h2-3,5-8,11-12,15-16,24H,4,9-10,14,29H2,1H3,(H,36,37)(H2,28,32,33)/t16-,24+/m1/s1. The van der Waals surface area contributed by atoms with Crippen LogP contribution in [0.2, 0.25) is 0 Å². The van der Waals surface area contributed by atoms with Crippen LogP contribution in [0.3, 0.4) is 0 Å². The van der Waals surface area contributed by atoms with Crippen molar-refractivity contribution in [2.24, 2.45) is 15.9 Å². The predicted molar refractivity (Wildman–Crippen MR) is 140 cm³/mol. The van der Waals surface area contributed by atoms with E-state index in [4.69, 9.17) is 16.6 Å². The molecule has 1 fully saturated rings. The molecule has 0 bridgehead atoms. The minimum Gasteiger partial charge on any atom is -0.480 e. The van der Waals surface area contributed by atoms with Crippen LogP contribution >= 0.6 is 0 Å². The van der Waals surface area contributed by atoms with Gasteiger partial charge in [-0.1, -0.05) is 18.2 Å². The summed E-state index contributed by atoms with van der Waals surface area (Å²) in [4.78, 5) is 31.2. The van der Waals surface area contributed by atoms with Gasteiger partial charge in [0, 0.05) is 5.56 Å². The molecule has 0 unspecified atom stereocenters. The number of nitrogen functional groups attached to an aromatic ring is 1. The topological polar surface area (TPSA) is 180 Å². The third kappa shape index (κ3) is 5.94. The minimum absolute atomic E-state index is 0.0364. The van der Waals surface area contributed by atoms with Gasteiger partial charge in [-0.15, -0.1) is 0 Å². The summed E-state index contributed by atoms with van der Waals surface area (Å²) in [6, 6.07) is 15.8. The average molecular weight is 498 g/mol. The molecule has 11 heteroatoms. The molecule has 11 nitrogen and oxygen atoms in total. The van der Waals surface area contributed by atoms with E-state index in [2.05, 4.69) is 26.1 Å². The second-order valence-electron chi connectivity index (χ2n) is 8.64. The van der Waals surface area contributed by atoms with Gasteiger partial charge in [-0.2, -0.15) is 10.4 Å². The molecule has 4 rings (SSSR count). The van der Waals surface area contributed by atoms with Gasteiger partial charge >= 0.3 is 5.97 Å². The second kappa shape index (κ2) is 11.4. The SMILES string of the molecule is C[C@H](c1cccc(CN=CC(=NN)c2cc(-c3cccc(C#N)c3)nc(N)n2)n1)N1CCC[C@H]1C(=O)O. The number of nitriles is 1. The normalized spacial score (nSPS) is 17.1. The van der Waals surface area contributed by atoms with Gasteiger partial charge in [0.1, 0.15) is 11.8 Å². The van der Waals surface area contributed by atoms with E-state index in [0.717, 1.165) is 24.4 Å². The number of rotatable bonds is 8. The summed E-state index contributed by atoms with van der Waals surface area (Å²) < 4.78 is 0. The Kier molecular flexibility index (Phi) is 7.80. The fourth-order valence-electron chi connectivity index (χ4n) is 4.39.